The number of carbonyl (C=O) groups excluding carboxylic acids is 1. The van der Waals surface area contributed by atoms with Gasteiger partial charge in [0.15, 0.2) is 10.9 Å². The van der Waals surface area contributed by atoms with Crippen molar-refractivity contribution in [3.8, 4) is 11.6 Å². The van der Waals surface area contributed by atoms with Crippen LogP contribution >= 0.6 is 11.8 Å². The van der Waals surface area contributed by atoms with Crippen molar-refractivity contribution in [3.63, 3.8) is 0 Å². The van der Waals surface area contributed by atoms with E-state index >= 15 is 0 Å². The number of nitrogens with one attached hydrogen (secondary N) is 1. The number of rotatable bonds is 8. The van der Waals surface area contributed by atoms with Gasteiger partial charge in [-0.05, 0) is 25.1 Å². The van der Waals surface area contributed by atoms with Crippen molar-refractivity contribution in [1.29, 1.82) is 0 Å². The van der Waals surface area contributed by atoms with Crippen LogP contribution < -0.4 is 5.32 Å². The number of allylic oxidation sites excluding steroid dienone is 1. The molecule has 2 heterocycles. The van der Waals surface area contributed by atoms with Crippen LogP contribution in [0.15, 0.2) is 64.9 Å². The number of amides is 1. The first-order valence-electron chi connectivity index (χ1n) is 8.29. The predicted molar refractivity (Wildman–Crippen MR) is 105 cm³/mol. The first-order valence-corrected chi connectivity index (χ1v) is 9.17. The lowest BCUT2D eigenvalue weighted by molar-refractivity contribution is -0.384. The van der Waals surface area contributed by atoms with Gasteiger partial charge in [-0.3, -0.25) is 19.5 Å². The van der Waals surface area contributed by atoms with E-state index in [-0.39, 0.29) is 11.6 Å². The molecule has 0 saturated carbocycles. The second-order valence-corrected chi connectivity index (χ2v) is 7.05. The predicted octanol–water partition coefficient (Wildman–Crippen LogP) is 3.75. The number of non-ortho nitro benzene ring substituents is 1. The second-order valence-electron chi connectivity index (χ2n) is 5.74. The van der Waals surface area contributed by atoms with Gasteiger partial charge in [0.25, 0.3) is 5.69 Å². The van der Waals surface area contributed by atoms with Crippen molar-refractivity contribution in [2.24, 2.45) is 0 Å². The van der Waals surface area contributed by atoms with Crippen molar-refractivity contribution in [2.45, 2.75) is 23.9 Å². The maximum Gasteiger partial charge on any atom is 0.271 e. The monoisotopic (exact) mass is 399 g/mol. The van der Waals surface area contributed by atoms with Gasteiger partial charge in [-0.15, -0.1) is 16.8 Å². The fourth-order valence-corrected chi connectivity index (χ4v) is 3.27. The van der Waals surface area contributed by atoms with E-state index in [2.05, 4.69) is 22.1 Å². The third kappa shape index (κ3) is 4.29. The van der Waals surface area contributed by atoms with Gasteiger partial charge < -0.3 is 9.73 Å². The third-order valence-electron chi connectivity index (χ3n) is 3.75. The van der Waals surface area contributed by atoms with Crippen molar-refractivity contribution in [3.05, 3.63) is 65.4 Å². The van der Waals surface area contributed by atoms with Gasteiger partial charge in [0.1, 0.15) is 0 Å². The Labute approximate surface area is 164 Å². The highest BCUT2D eigenvalue weighted by Crippen LogP contribution is 2.28. The Hall–Kier alpha value is -3.40. The van der Waals surface area contributed by atoms with E-state index < -0.39 is 10.2 Å². The van der Waals surface area contributed by atoms with E-state index in [1.165, 1.54) is 30.0 Å². The summed E-state index contributed by atoms with van der Waals surface area (Å²) in [6, 6.07) is 9.31. The van der Waals surface area contributed by atoms with Crippen LogP contribution in [0.2, 0.25) is 0 Å². The Morgan fingerprint density at radius 3 is 2.93 bits per heavy atom. The molecule has 0 spiro atoms. The number of aromatic nitrogens is 3. The van der Waals surface area contributed by atoms with Crippen molar-refractivity contribution < 1.29 is 14.1 Å². The number of nitro groups is 1. The molecule has 10 heteroatoms. The molecule has 0 unspecified atom stereocenters. The molecule has 1 amide bonds. The minimum atomic E-state index is -0.517. The van der Waals surface area contributed by atoms with Crippen molar-refractivity contribution in [1.82, 2.24) is 14.8 Å². The van der Waals surface area contributed by atoms with Gasteiger partial charge in [-0.2, -0.15) is 0 Å². The summed E-state index contributed by atoms with van der Waals surface area (Å²) < 4.78 is 7.18. The molecule has 0 fully saturated rings. The van der Waals surface area contributed by atoms with Crippen LogP contribution in [0.25, 0.3) is 11.6 Å². The average Bonchev–Trinajstić information content (AvgIpc) is 3.32. The minimum Gasteiger partial charge on any atom is -0.461 e. The Kier molecular flexibility index (Phi) is 5.90. The van der Waals surface area contributed by atoms with Crippen LogP contribution in [-0.2, 0) is 11.3 Å². The van der Waals surface area contributed by atoms with E-state index in [9.17, 15) is 14.9 Å². The molecule has 144 valence electrons. The van der Waals surface area contributed by atoms with Gasteiger partial charge in [-0.1, -0.05) is 23.9 Å². The summed E-state index contributed by atoms with van der Waals surface area (Å²) >= 11 is 1.22. The smallest absolute Gasteiger partial charge is 0.271 e. The van der Waals surface area contributed by atoms with Gasteiger partial charge in [0.05, 0.1) is 16.4 Å². The molecule has 1 atom stereocenters. The maximum atomic E-state index is 12.5. The lowest BCUT2D eigenvalue weighted by atomic mass is 10.2. The van der Waals surface area contributed by atoms with Gasteiger partial charge in [0, 0.05) is 24.4 Å². The van der Waals surface area contributed by atoms with E-state index in [1.807, 2.05) is 0 Å². The molecule has 28 heavy (non-hydrogen) atoms. The second kappa shape index (κ2) is 8.53. The van der Waals surface area contributed by atoms with E-state index in [0.717, 1.165) is 0 Å². The number of carbonyl (C=O) groups is 1. The normalized spacial score (nSPS) is 11.8. The quantitative estimate of drug-likeness (QED) is 0.265. The molecule has 0 aliphatic heterocycles. The lowest BCUT2D eigenvalue weighted by Gasteiger charge is -2.12. The maximum absolute atomic E-state index is 12.5. The fourth-order valence-electron chi connectivity index (χ4n) is 2.41. The standard InChI is InChI=1S/C18H17N5O4S/c1-3-9-22-16(15-8-5-10-27-15)20-21-18(22)28-12(2)17(24)19-13-6-4-7-14(11-13)23(25)26/h3-8,10-12H,1,9H2,2H3,(H,19,24)/t12-/m1/s1. The first-order chi connectivity index (χ1) is 13.5. The number of furan rings is 1. The van der Waals surface area contributed by atoms with Crippen LogP contribution in [0, 0.1) is 10.1 Å². The van der Waals surface area contributed by atoms with Crippen LogP contribution in [0.1, 0.15) is 6.92 Å². The Morgan fingerprint density at radius 2 is 2.25 bits per heavy atom. The average molecular weight is 399 g/mol. The Bertz CT molecular complexity index is 999. The van der Waals surface area contributed by atoms with Crippen molar-refractivity contribution >= 4 is 29.0 Å². The zero-order valence-electron chi connectivity index (χ0n) is 14.9. The molecule has 2 aromatic heterocycles. The number of anilines is 1. The number of nitrogens with zero attached hydrogens (tertiary/aromatic N) is 4. The summed E-state index contributed by atoms with van der Waals surface area (Å²) in [6.07, 6.45) is 3.25. The van der Waals surface area contributed by atoms with Gasteiger partial charge in [0.2, 0.25) is 11.7 Å². The molecule has 0 aliphatic rings. The molecular weight excluding hydrogens is 382 g/mol. The summed E-state index contributed by atoms with van der Waals surface area (Å²) in [7, 11) is 0. The molecule has 0 bridgehead atoms. The minimum absolute atomic E-state index is 0.0908. The molecule has 1 aromatic carbocycles. The molecule has 3 rings (SSSR count). The van der Waals surface area contributed by atoms with Crippen molar-refractivity contribution in [2.75, 3.05) is 5.32 Å². The SMILES string of the molecule is C=CCn1c(S[C@H](C)C(=O)Nc2cccc([N+](=O)[O-])c2)nnc1-c1ccco1. The largest absolute Gasteiger partial charge is 0.461 e. The number of thioether (sulfide) groups is 1. The number of nitro benzene ring substituents is 1. The molecule has 3 aromatic rings. The molecule has 0 aliphatic carbocycles. The van der Waals surface area contributed by atoms with Crippen LogP contribution in [0.3, 0.4) is 0 Å². The van der Waals surface area contributed by atoms with Crippen LogP contribution in [0.5, 0.6) is 0 Å². The first kappa shape index (κ1) is 19.4. The van der Waals surface area contributed by atoms with Gasteiger partial charge >= 0.3 is 0 Å². The third-order valence-corrected chi connectivity index (χ3v) is 4.83. The van der Waals surface area contributed by atoms with Crippen LogP contribution in [0.4, 0.5) is 11.4 Å². The molecular formula is C18H17N5O4S. The zero-order valence-corrected chi connectivity index (χ0v) is 15.8. The fraction of sp³-hybridized carbons (Fsp3) is 0.167. The number of hydrogen-bond acceptors (Lipinski definition) is 7. The summed E-state index contributed by atoms with van der Waals surface area (Å²) in [4.78, 5) is 22.9. The Balaban J connectivity index is 1.74. The lowest BCUT2D eigenvalue weighted by Crippen LogP contribution is -2.23. The summed E-state index contributed by atoms with van der Waals surface area (Å²) in [5.41, 5.74) is 0.266. The number of hydrogen-bond donors (Lipinski definition) is 1. The van der Waals surface area contributed by atoms with E-state index in [4.69, 9.17) is 4.42 Å². The molecule has 9 nitrogen and oxygen atoms in total. The zero-order chi connectivity index (χ0) is 20.1. The highest BCUT2D eigenvalue weighted by Gasteiger charge is 2.21. The number of benzene rings is 1. The molecule has 0 saturated heterocycles. The van der Waals surface area contributed by atoms with E-state index in [1.54, 1.807) is 42.0 Å². The molecule has 0 radical (unpaired) electrons. The highest BCUT2D eigenvalue weighted by atomic mass is 32.2. The highest BCUT2D eigenvalue weighted by molar-refractivity contribution is 8.00. The molecule has 1 N–H and O–H groups in total. The summed E-state index contributed by atoms with van der Waals surface area (Å²) in [5.74, 6) is 0.798. The summed E-state index contributed by atoms with van der Waals surface area (Å²) in [5, 5.41) is 21.9. The van der Waals surface area contributed by atoms with Crippen LogP contribution in [-0.4, -0.2) is 30.8 Å². The van der Waals surface area contributed by atoms with E-state index in [0.29, 0.717) is 29.0 Å². The Morgan fingerprint density at radius 1 is 1.43 bits per heavy atom. The topological polar surface area (TPSA) is 116 Å². The summed E-state index contributed by atoms with van der Waals surface area (Å²) in [6.45, 7) is 5.91. The van der Waals surface area contributed by atoms with Gasteiger partial charge in [-0.25, -0.2) is 0 Å².